The monoisotopic (exact) mass is 682 g/mol. The van der Waals surface area contributed by atoms with Gasteiger partial charge in [-0.3, -0.25) is 0 Å². The largest absolute Gasteiger partial charge is 0.497 e. The Hall–Kier alpha value is -3.34. The van der Waals surface area contributed by atoms with Crippen molar-refractivity contribution in [1.29, 1.82) is 0 Å². The van der Waals surface area contributed by atoms with Crippen LogP contribution in [0.5, 0.6) is 5.75 Å². The molecule has 0 bridgehead atoms. The first-order valence-corrected chi connectivity index (χ1v) is 21.0. The molecule has 2 aliphatic rings. The van der Waals surface area contributed by atoms with E-state index in [1.807, 2.05) is 56.3 Å². The Morgan fingerprint density at radius 2 is 1.22 bits per heavy atom. The first-order chi connectivity index (χ1) is 23.6. The first-order valence-electron chi connectivity index (χ1n) is 17.3. The lowest BCUT2D eigenvalue weighted by atomic mass is 9.80. The molecule has 0 aliphatic carbocycles. The van der Waals surface area contributed by atoms with Gasteiger partial charge in [0.05, 0.1) is 20.3 Å². The number of hydrogen-bond acceptors (Lipinski definition) is 7. The molecule has 0 radical (unpaired) electrons. The van der Waals surface area contributed by atoms with Gasteiger partial charge in [-0.1, -0.05) is 123 Å². The summed E-state index contributed by atoms with van der Waals surface area (Å²) < 4.78 is 45.8. The number of hydrogen-bond donors (Lipinski definition) is 0. The second-order valence-corrected chi connectivity index (χ2v) is 20.1. The van der Waals surface area contributed by atoms with Crippen molar-refractivity contribution in [3.63, 3.8) is 0 Å². The Labute approximate surface area is 292 Å². The molecule has 0 aromatic heterocycles. The van der Waals surface area contributed by atoms with Crippen molar-refractivity contribution in [2.75, 3.05) is 20.3 Å². The summed E-state index contributed by atoms with van der Waals surface area (Å²) in [5.41, 5.74) is 3.13. The Morgan fingerprint density at radius 1 is 0.694 bits per heavy atom. The minimum Gasteiger partial charge on any atom is -0.497 e. The molecule has 49 heavy (non-hydrogen) atoms. The molecule has 2 fully saturated rings. The van der Waals surface area contributed by atoms with Gasteiger partial charge in [0.2, 0.25) is 0 Å². The third-order valence-corrected chi connectivity index (χ3v) is 10.9. The van der Waals surface area contributed by atoms with Crippen LogP contribution in [0.25, 0.3) is 0 Å². The molecular weight excluding hydrogens is 633 g/mol. The molecule has 7 nitrogen and oxygen atoms in total. The summed E-state index contributed by atoms with van der Waals surface area (Å²) in [6.07, 6.45) is -2.59. The van der Waals surface area contributed by atoms with Crippen LogP contribution >= 0.6 is 0 Å². The second-order valence-electron chi connectivity index (χ2n) is 14.5. The molecule has 0 unspecified atom stereocenters. The highest BCUT2D eigenvalue weighted by molar-refractivity contribution is 6.76. The summed E-state index contributed by atoms with van der Waals surface area (Å²) >= 11 is 0. The average Bonchev–Trinajstić information content (AvgIpc) is 3.44. The van der Waals surface area contributed by atoms with Crippen LogP contribution < -0.4 is 4.74 Å². The van der Waals surface area contributed by atoms with E-state index in [0.717, 1.165) is 34.0 Å². The minimum atomic E-state index is -1.35. The molecule has 4 aromatic rings. The molecule has 2 aliphatic heterocycles. The highest BCUT2D eigenvalue weighted by Gasteiger charge is 2.57. The van der Waals surface area contributed by atoms with E-state index in [-0.39, 0.29) is 6.61 Å². The summed E-state index contributed by atoms with van der Waals surface area (Å²) in [7, 11) is 0.309. The van der Waals surface area contributed by atoms with Crippen LogP contribution in [-0.4, -0.2) is 64.9 Å². The SMILES string of the molecule is COc1ccc(CO[C@H]2[C@@H]3OC(C)(C)O[C@@H]3[C@@H](OCC[Si](C)(C)C)O[C@@H]2COC(c2ccccc2)(c2ccccc2)c2ccccc2)cc1. The molecule has 8 heteroatoms. The Balaban J connectivity index is 1.37. The molecule has 5 atom stereocenters. The summed E-state index contributed by atoms with van der Waals surface area (Å²) in [6, 6.07) is 40.0. The smallest absolute Gasteiger partial charge is 0.187 e. The zero-order valence-corrected chi connectivity index (χ0v) is 30.5. The van der Waals surface area contributed by atoms with Crippen LogP contribution in [-0.2, 0) is 40.6 Å². The van der Waals surface area contributed by atoms with Crippen LogP contribution in [0.3, 0.4) is 0 Å². The lowest BCUT2D eigenvalue weighted by molar-refractivity contribution is -0.291. The molecule has 260 valence electrons. The topological polar surface area (TPSA) is 64.6 Å². The van der Waals surface area contributed by atoms with E-state index in [2.05, 4.69) is 92.4 Å². The van der Waals surface area contributed by atoms with Crippen molar-refractivity contribution >= 4 is 8.07 Å². The van der Waals surface area contributed by atoms with Gasteiger partial charge in [-0.25, -0.2) is 0 Å². The maximum absolute atomic E-state index is 7.28. The molecule has 2 heterocycles. The average molecular weight is 683 g/mol. The molecule has 0 N–H and O–H groups in total. The van der Waals surface area contributed by atoms with E-state index in [1.54, 1.807) is 7.11 Å². The van der Waals surface area contributed by atoms with Crippen molar-refractivity contribution in [2.45, 2.75) is 88.2 Å². The van der Waals surface area contributed by atoms with Gasteiger partial charge in [0, 0.05) is 14.7 Å². The van der Waals surface area contributed by atoms with Crippen molar-refractivity contribution in [2.24, 2.45) is 0 Å². The number of rotatable bonds is 14. The van der Waals surface area contributed by atoms with E-state index in [9.17, 15) is 0 Å². The fourth-order valence-corrected chi connectivity index (χ4v) is 7.39. The zero-order chi connectivity index (χ0) is 34.5. The highest BCUT2D eigenvalue weighted by Crippen LogP contribution is 2.43. The molecule has 4 aromatic carbocycles. The van der Waals surface area contributed by atoms with Gasteiger partial charge >= 0.3 is 0 Å². The maximum Gasteiger partial charge on any atom is 0.187 e. The molecule has 0 amide bonds. The number of methoxy groups -OCH3 is 1. The van der Waals surface area contributed by atoms with Crippen LogP contribution in [0.15, 0.2) is 115 Å². The normalized spacial score (nSPS) is 23.6. The molecule has 0 spiro atoms. The first kappa shape index (κ1) is 35.5. The third-order valence-electron chi connectivity index (χ3n) is 9.17. The van der Waals surface area contributed by atoms with Gasteiger partial charge < -0.3 is 33.2 Å². The fourth-order valence-electron chi connectivity index (χ4n) is 6.66. The second kappa shape index (κ2) is 15.3. The number of ether oxygens (including phenoxy) is 7. The van der Waals surface area contributed by atoms with Gasteiger partial charge in [0.25, 0.3) is 0 Å². The fraction of sp³-hybridized carbons (Fsp3) is 0.415. The zero-order valence-electron chi connectivity index (χ0n) is 29.5. The van der Waals surface area contributed by atoms with Crippen molar-refractivity contribution < 1.29 is 33.2 Å². The van der Waals surface area contributed by atoms with E-state index < -0.39 is 50.2 Å². The van der Waals surface area contributed by atoms with E-state index in [4.69, 9.17) is 33.2 Å². The van der Waals surface area contributed by atoms with Crippen molar-refractivity contribution in [3.05, 3.63) is 138 Å². The van der Waals surface area contributed by atoms with Crippen LogP contribution in [0.4, 0.5) is 0 Å². The van der Waals surface area contributed by atoms with Crippen LogP contribution in [0.1, 0.15) is 36.1 Å². The minimum absolute atomic E-state index is 0.201. The molecule has 0 saturated carbocycles. The Bertz CT molecular complexity index is 1500. The molecule has 2 saturated heterocycles. The van der Waals surface area contributed by atoms with Gasteiger partial charge in [-0.05, 0) is 54.3 Å². The Kier molecular flexibility index (Phi) is 11.1. The summed E-state index contributed by atoms with van der Waals surface area (Å²) in [5, 5.41) is 0. The van der Waals surface area contributed by atoms with Gasteiger partial charge in [-0.2, -0.15) is 0 Å². The predicted octanol–water partition coefficient (Wildman–Crippen LogP) is 8.19. The molecule has 6 rings (SSSR count). The predicted molar refractivity (Wildman–Crippen MR) is 193 cm³/mol. The van der Waals surface area contributed by atoms with Crippen LogP contribution in [0.2, 0.25) is 25.7 Å². The quantitative estimate of drug-likeness (QED) is 0.0982. The van der Waals surface area contributed by atoms with Gasteiger partial charge in [0.15, 0.2) is 12.1 Å². The van der Waals surface area contributed by atoms with E-state index in [0.29, 0.717) is 13.2 Å². The maximum atomic E-state index is 7.28. The summed E-state index contributed by atoms with van der Waals surface area (Å²) in [6.45, 7) is 12.0. The van der Waals surface area contributed by atoms with Gasteiger partial charge in [0.1, 0.15) is 35.8 Å². The van der Waals surface area contributed by atoms with Crippen molar-refractivity contribution in [1.82, 2.24) is 0 Å². The van der Waals surface area contributed by atoms with E-state index in [1.165, 1.54) is 0 Å². The Morgan fingerprint density at radius 3 is 1.73 bits per heavy atom. The lowest BCUT2D eigenvalue weighted by Crippen LogP contribution is -2.59. The van der Waals surface area contributed by atoms with Crippen molar-refractivity contribution in [3.8, 4) is 5.75 Å². The lowest BCUT2D eigenvalue weighted by Gasteiger charge is -2.44. The molecular formula is C41H50O7Si. The summed E-state index contributed by atoms with van der Waals surface area (Å²) in [5.74, 6) is -0.0407. The summed E-state index contributed by atoms with van der Waals surface area (Å²) in [4.78, 5) is 0. The standard InChI is InChI=1S/C41H50O7Si/c1-40(2)47-37-36(44-28-30-22-24-34(42-3)25-23-30)35(46-39(38(37)48-40)43-26-27-49(4,5)6)29-45-41(31-16-10-7-11-17-31,32-18-12-8-13-19-32)33-20-14-9-15-21-33/h7-25,35-39H,26-29H2,1-6H3/t35-,36-,37+,38+,39+/m1/s1. The van der Waals surface area contributed by atoms with E-state index >= 15 is 0 Å². The van der Waals surface area contributed by atoms with Crippen LogP contribution in [0, 0.1) is 0 Å². The van der Waals surface area contributed by atoms with Gasteiger partial charge in [-0.15, -0.1) is 0 Å². The number of benzene rings is 4. The third kappa shape index (κ3) is 8.35. The highest BCUT2D eigenvalue weighted by atomic mass is 28.3. The number of fused-ring (bicyclic) bond motifs is 1.